The van der Waals surface area contributed by atoms with Crippen molar-refractivity contribution in [3.63, 3.8) is 0 Å². The Kier molecular flexibility index (Phi) is 7.47. The normalized spacial score (nSPS) is 20.3. The Bertz CT molecular complexity index is 1380. The standard InChI is InChI=1S/C34H38ClNO4/c1-7-13-40-32-23(35)14-22(15-28(32)39-6)29-30-24(16-33(2,3)18-26(30)37)36(20-21-11-9-8-10-12-21)25-17-34(4,5)19-27(38)31(25)29/h7-12,14-15,29H,1,13,16-20H2,2-6H3. The molecule has 0 unspecified atom stereocenters. The molecule has 0 amide bonds. The Hall–Kier alpha value is -3.31. The van der Waals surface area contributed by atoms with E-state index in [0.29, 0.717) is 47.1 Å². The van der Waals surface area contributed by atoms with Crippen molar-refractivity contribution in [2.24, 2.45) is 10.8 Å². The predicted molar refractivity (Wildman–Crippen MR) is 159 cm³/mol. The van der Waals surface area contributed by atoms with Gasteiger partial charge in [0.05, 0.1) is 12.1 Å². The minimum atomic E-state index is -0.510. The van der Waals surface area contributed by atoms with Crippen LogP contribution >= 0.6 is 11.6 Å². The lowest BCUT2D eigenvalue weighted by atomic mass is 9.63. The zero-order valence-electron chi connectivity index (χ0n) is 24.1. The van der Waals surface area contributed by atoms with Gasteiger partial charge in [-0.15, -0.1) is 0 Å². The van der Waals surface area contributed by atoms with E-state index in [-0.39, 0.29) is 29.0 Å². The largest absolute Gasteiger partial charge is 0.493 e. The lowest BCUT2D eigenvalue weighted by molar-refractivity contribution is -0.119. The highest BCUT2D eigenvalue weighted by Crippen LogP contribution is 2.55. The van der Waals surface area contributed by atoms with Crippen LogP contribution < -0.4 is 9.47 Å². The Labute approximate surface area is 242 Å². The summed E-state index contributed by atoms with van der Waals surface area (Å²) < 4.78 is 11.5. The molecule has 0 spiro atoms. The van der Waals surface area contributed by atoms with Gasteiger partial charge in [-0.05, 0) is 46.9 Å². The first-order valence-corrected chi connectivity index (χ1v) is 14.3. The number of nitrogens with zero attached hydrogens (tertiary/aromatic N) is 1. The van der Waals surface area contributed by atoms with Gasteiger partial charge in [-0.1, -0.05) is 82.3 Å². The van der Waals surface area contributed by atoms with Crippen LogP contribution in [-0.2, 0) is 16.1 Å². The first-order valence-electron chi connectivity index (χ1n) is 13.9. The number of halogens is 1. The van der Waals surface area contributed by atoms with Crippen molar-refractivity contribution in [3.05, 3.63) is 93.8 Å². The summed E-state index contributed by atoms with van der Waals surface area (Å²) in [6, 6.07) is 14.0. The van der Waals surface area contributed by atoms with Gasteiger partial charge in [0.1, 0.15) is 6.61 Å². The number of carbonyl (C=O) groups is 2. The molecule has 1 heterocycles. The summed E-state index contributed by atoms with van der Waals surface area (Å²) in [6.45, 7) is 13.2. The molecule has 0 saturated carbocycles. The van der Waals surface area contributed by atoms with Crippen molar-refractivity contribution in [3.8, 4) is 11.5 Å². The molecule has 0 atom stereocenters. The van der Waals surface area contributed by atoms with Crippen LogP contribution in [0.1, 0.15) is 70.4 Å². The van der Waals surface area contributed by atoms with Crippen molar-refractivity contribution in [2.75, 3.05) is 13.7 Å². The molecular weight excluding hydrogens is 522 g/mol. The lowest BCUT2D eigenvalue weighted by Gasteiger charge is -2.49. The molecule has 0 radical (unpaired) electrons. The fourth-order valence-corrected chi connectivity index (χ4v) is 6.80. The van der Waals surface area contributed by atoms with Gasteiger partial charge in [0.2, 0.25) is 0 Å². The molecule has 210 valence electrons. The number of methoxy groups -OCH3 is 1. The minimum absolute atomic E-state index is 0.0839. The SMILES string of the molecule is C=CCOc1c(Cl)cc(C2C3=C(CC(C)(C)CC3=O)N(Cc3ccccc3)C3=C2C(=O)CC(C)(C)C3)cc1OC. The van der Waals surface area contributed by atoms with Crippen LogP contribution in [0.2, 0.25) is 5.02 Å². The van der Waals surface area contributed by atoms with Gasteiger partial charge in [0, 0.05) is 47.8 Å². The van der Waals surface area contributed by atoms with Gasteiger partial charge in [-0.2, -0.15) is 0 Å². The summed E-state index contributed by atoms with van der Waals surface area (Å²) in [5.74, 6) is 0.544. The number of rotatable bonds is 7. The monoisotopic (exact) mass is 559 g/mol. The molecular formula is C34H38ClNO4. The Morgan fingerprint density at radius 2 is 1.52 bits per heavy atom. The second-order valence-electron chi connectivity index (χ2n) is 12.7. The van der Waals surface area contributed by atoms with Crippen molar-refractivity contribution in [1.29, 1.82) is 0 Å². The van der Waals surface area contributed by atoms with E-state index < -0.39 is 5.92 Å². The van der Waals surface area contributed by atoms with Gasteiger partial charge in [0.15, 0.2) is 23.1 Å². The van der Waals surface area contributed by atoms with Crippen LogP contribution in [0.3, 0.4) is 0 Å². The average molecular weight is 560 g/mol. The van der Waals surface area contributed by atoms with Crippen LogP contribution in [0.5, 0.6) is 11.5 Å². The molecule has 5 rings (SSSR count). The number of allylic oxidation sites excluding steroid dienone is 4. The van der Waals surface area contributed by atoms with Crippen LogP contribution in [0.25, 0.3) is 0 Å². The summed E-state index contributed by atoms with van der Waals surface area (Å²) in [5.41, 5.74) is 4.97. The highest BCUT2D eigenvalue weighted by molar-refractivity contribution is 6.32. The first-order chi connectivity index (χ1) is 18.9. The summed E-state index contributed by atoms with van der Waals surface area (Å²) >= 11 is 6.77. The Morgan fingerprint density at radius 3 is 2.05 bits per heavy atom. The molecule has 5 nitrogen and oxygen atoms in total. The average Bonchev–Trinajstić information content (AvgIpc) is 2.87. The smallest absolute Gasteiger partial charge is 0.180 e. The summed E-state index contributed by atoms with van der Waals surface area (Å²) in [4.78, 5) is 30.4. The van der Waals surface area contributed by atoms with Crippen molar-refractivity contribution < 1.29 is 19.1 Å². The number of ketones is 2. The predicted octanol–water partition coefficient (Wildman–Crippen LogP) is 7.80. The molecule has 1 aliphatic heterocycles. The lowest BCUT2D eigenvalue weighted by Crippen LogP contribution is -2.44. The topological polar surface area (TPSA) is 55.8 Å². The Balaban J connectivity index is 1.76. The van der Waals surface area contributed by atoms with E-state index >= 15 is 0 Å². The zero-order chi connectivity index (χ0) is 28.8. The number of hydrogen-bond donors (Lipinski definition) is 0. The van der Waals surface area contributed by atoms with E-state index in [2.05, 4.69) is 51.3 Å². The Morgan fingerprint density at radius 1 is 0.950 bits per heavy atom. The molecule has 0 N–H and O–H groups in total. The first kappa shape index (κ1) is 28.2. The molecule has 2 aromatic carbocycles. The molecule has 40 heavy (non-hydrogen) atoms. The van der Waals surface area contributed by atoms with Crippen molar-refractivity contribution in [2.45, 2.75) is 65.8 Å². The number of benzene rings is 2. The number of carbonyl (C=O) groups excluding carboxylic acids is 2. The van der Waals surface area contributed by atoms with E-state index in [0.717, 1.165) is 35.4 Å². The number of hydrogen-bond acceptors (Lipinski definition) is 5. The van der Waals surface area contributed by atoms with Crippen LogP contribution in [0, 0.1) is 10.8 Å². The van der Waals surface area contributed by atoms with Gasteiger partial charge in [-0.3, -0.25) is 9.59 Å². The molecule has 0 fully saturated rings. The van der Waals surface area contributed by atoms with E-state index in [9.17, 15) is 9.59 Å². The number of ether oxygens (including phenoxy) is 2. The maximum absolute atomic E-state index is 14.1. The number of Topliss-reactive ketones (excluding diaryl/α,β-unsaturated/α-hetero) is 2. The van der Waals surface area contributed by atoms with Crippen molar-refractivity contribution in [1.82, 2.24) is 4.90 Å². The van der Waals surface area contributed by atoms with Crippen molar-refractivity contribution >= 4 is 23.2 Å². The highest BCUT2D eigenvalue weighted by atomic mass is 35.5. The molecule has 0 saturated heterocycles. The van der Waals surface area contributed by atoms with Gasteiger partial charge in [0.25, 0.3) is 0 Å². The van der Waals surface area contributed by atoms with E-state index in [1.54, 1.807) is 13.2 Å². The second-order valence-corrected chi connectivity index (χ2v) is 13.1. The summed E-state index contributed by atoms with van der Waals surface area (Å²) in [6.07, 6.45) is 3.98. The summed E-state index contributed by atoms with van der Waals surface area (Å²) in [5, 5.41) is 0.374. The molecule has 0 aromatic heterocycles. The minimum Gasteiger partial charge on any atom is -0.493 e. The zero-order valence-corrected chi connectivity index (χ0v) is 24.9. The third-order valence-electron chi connectivity index (χ3n) is 8.14. The maximum Gasteiger partial charge on any atom is 0.180 e. The quantitative estimate of drug-likeness (QED) is 0.324. The molecule has 2 aliphatic carbocycles. The van der Waals surface area contributed by atoms with Crippen LogP contribution in [0.4, 0.5) is 0 Å². The molecule has 0 bridgehead atoms. The third-order valence-corrected chi connectivity index (χ3v) is 8.42. The second kappa shape index (κ2) is 10.6. The third kappa shape index (κ3) is 5.24. The van der Waals surface area contributed by atoms with Gasteiger partial charge in [-0.25, -0.2) is 0 Å². The summed E-state index contributed by atoms with van der Waals surface area (Å²) in [7, 11) is 1.57. The van der Waals surface area contributed by atoms with Gasteiger partial charge < -0.3 is 14.4 Å². The van der Waals surface area contributed by atoms with Gasteiger partial charge >= 0.3 is 0 Å². The molecule has 3 aliphatic rings. The fraction of sp³-hybridized carbons (Fsp3) is 0.412. The fourth-order valence-electron chi connectivity index (χ4n) is 6.53. The van der Waals surface area contributed by atoms with Crippen LogP contribution in [0.15, 0.2) is 77.7 Å². The maximum atomic E-state index is 14.1. The van der Waals surface area contributed by atoms with Crippen LogP contribution in [-0.4, -0.2) is 30.2 Å². The van der Waals surface area contributed by atoms with E-state index in [1.165, 1.54) is 0 Å². The molecule has 2 aromatic rings. The van der Waals surface area contributed by atoms with E-state index in [1.807, 2.05) is 30.3 Å². The molecule has 6 heteroatoms. The van der Waals surface area contributed by atoms with E-state index in [4.69, 9.17) is 21.1 Å². The highest BCUT2D eigenvalue weighted by Gasteiger charge is 2.49.